The third-order valence-electron chi connectivity index (χ3n) is 13.5. The van der Waals surface area contributed by atoms with Crippen molar-refractivity contribution in [1.82, 2.24) is 0 Å². The van der Waals surface area contributed by atoms with Gasteiger partial charge in [-0.15, -0.1) is 0 Å². The van der Waals surface area contributed by atoms with Gasteiger partial charge < -0.3 is 9.80 Å². The molecule has 0 aliphatic heterocycles. The van der Waals surface area contributed by atoms with E-state index in [1.807, 2.05) is 0 Å². The van der Waals surface area contributed by atoms with Crippen molar-refractivity contribution in [2.24, 2.45) is 0 Å². The van der Waals surface area contributed by atoms with Crippen LogP contribution in [0.15, 0.2) is 164 Å². The topological polar surface area (TPSA) is 6.48 Å². The third-order valence-corrected chi connectivity index (χ3v) is 13.5. The Balaban J connectivity index is 1.06. The molecule has 7 aromatic rings. The van der Waals surface area contributed by atoms with Crippen molar-refractivity contribution in [2.45, 2.75) is 89.4 Å². The lowest BCUT2D eigenvalue weighted by molar-refractivity contribution is 0.592. The number of nitrogens with zero attached hydrogens (tertiary/aromatic N) is 2. The van der Waals surface area contributed by atoms with Gasteiger partial charge in [0.15, 0.2) is 0 Å². The number of anilines is 6. The van der Waals surface area contributed by atoms with E-state index in [9.17, 15) is 0 Å². The Hall–Kier alpha value is -5.86. The molecule has 6 aliphatic carbocycles. The van der Waals surface area contributed by atoms with Crippen LogP contribution in [0.2, 0.25) is 0 Å². The van der Waals surface area contributed by atoms with Crippen molar-refractivity contribution in [3.63, 3.8) is 0 Å². The Labute approximate surface area is 345 Å². The zero-order chi connectivity index (χ0) is 39.1. The Morgan fingerprint density at radius 3 is 1.52 bits per heavy atom. The number of aryl methyl sites for hydroxylation is 4. The summed E-state index contributed by atoms with van der Waals surface area (Å²) in [6.07, 6.45) is 11.9. The second kappa shape index (κ2) is 15.5. The molecule has 58 heavy (non-hydrogen) atoms. The summed E-state index contributed by atoms with van der Waals surface area (Å²) in [5.74, 6) is 0.671. The lowest BCUT2D eigenvalue weighted by atomic mass is 9.82. The van der Waals surface area contributed by atoms with Crippen LogP contribution in [0.25, 0.3) is 11.1 Å². The largest absolute Gasteiger partial charge is 0.310 e. The molecule has 2 heteroatoms. The fraction of sp³-hybridized carbons (Fsp3) is 0.250. The van der Waals surface area contributed by atoms with Crippen molar-refractivity contribution < 1.29 is 0 Å². The molecule has 0 N–H and O–H groups in total. The van der Waals surface area contributed by atoms with Gasteiger partial charge in [0.05, 0.1) is 0 Å². The van der Waals surface area contributed by atoms with E-state index >= 15 is 0 Å². The van der Waals surface area contributed by atoms with Gasteiger partial charge in [0.25, 0.3) is 0 Å². The van der Waals surface area contributed by atoms with E-state index < -0.39 is 0 Å². The molecule has 0 unspecified atom stereocenters. The molecule has 0 amide bonds. The third kappa shape index (κ3) is 6.83. The van der Waals surface area contributed by atoms with Crippen LogP contribution in [0.1, 0.15) is 97.2 Å². The van der Waals surface area contributed by atoms with Crippen LogP contribution in [-0.4, -0.2) is 0 Å². The lowest BCUT2D eigenvalue weighted by Gasteiger charge is -2.31. The van der Waals surface area contributed by atoms with Crippen LogP contribution in [0.4, 0.5) is 34.1 Å². The van der Waals surface area contributed by atoms with Crippen LogP contribution >= 0.6 is 0 Å². The van der Waals surface area contributed by atoms with Crippen LogP contribution in [0, 0.1) is 0 Å². The predicted molar refractivity (Wildman–Crippen MR) is 245 cm³/mol. The average molecular weight is 755 g/mol. The van der Waals surface area contributed by atoms with Crippen molar-refractivity contribution in [3.8, 4) is 11.1 Å². The first-order valence-corrected chi connectivity index (χ1v) is 21.8. The van der Waals surface area contributed by atoms with E-state index in [-0.39, 0.29) is 5.41 Å². The number of para-hydroxylation sites is 2. The molecule has 0 heterocycles. The zero-order valence-electron chi connectivity index (χ0n) is 34.1. The molecule has 13 rings (SSSR count). The number of rotatable bonds is 7. The van der Waals surface area contributed by atoms with Crippen molar-refractivity contribution in [1.29, 1.82) is 0 Å². The first kappa shape index (κ1) is 36.5. The van der Waals surface area contributed by atoms with Gasteiger partial charge in [-0.25, -0.2) is 0 Å². The summed E-state index contributed by atoms with van der Waals surface area (Å²) in [5, 5.41) is 0. The number of benzene rings is 7. The van der Waals surface area contributed by atoms with Gasteiger partial charge in [0.2, 0.25) is 0 Å². The molecule has 0 aromatic heterocycles. The summed E-state index contributed by atoms with van der Waals surface area (Å²) in [5.41, 5.74) is 19.9. The van der Waals surface area contributed by atoms with Crippen molar-refractivity contribution in [3.05, 3.63) is 203 Å². The van der Waals surface area contributed by atoms with Gasteiger partial charge in [-0.2, -0.15) is 0 Å². The molecule has 7 aromatic carbocycles. The number of fused-ring (bicyclic) bond motifs is 3. The van der Waals surface area contributed by atoms with Gasteiger partial charge in [-0.05, 0) is 155 Å². The summed E-state index contributed by atoms with van der Waals surface area (Å²) in [6, 6.07) is 62.3. The summed E-state index contributed by atoms with van der Waals surface area (Å²) >= 11 is 0. The quantitative estimate of drug-likeness (QED) is 0.150. The maximum Gasteiger partial charge on any atom is 0.0496 e. The number of hydrogen-bond donors (Lipinski definition) is 0. The van der Waals surface area contributed by atoms with Gasteiger partial charge in [-0.3, -0.25) is 0 Å². The Morgan fingerprint density at radius 2 is 0.914 bits per heavy atom. The van der Waals surface area contributed by atoms with Crippen LogP contribution in [0.3, 0.4) is 0 Å². The fourth-order valence-electron chi connectivity index (χ4n) is 10.3. The molecule has 1 saturated carbocycles. The predicted octanol–water partition coefficient (Wildman–Crippen LogP) is 15.3. The zero-order valence-corrected chi connectivity index (χ0v) is 34.1. The Kier molecular flexibility index (Phi) is 9.73. The first-order chi connectivity index (χ1) is 28.5. The second-order valence-electron chi connectivity index (χ2n) is 17.4. The summed E-state index contributed by atoms with van der Waals surface area (Å²) in [7, 11) is 0. The van der Waals surface area contributed by atoms with E-state index in [2.05, 4.69) is 187 Å². The van der Waals surface area contributed by atoms with Crippen LogP contribution < -0.4 is 9.80 Å². The Morgan fingerprint density at radius 1 is 0.414 bits per heavy atom. The molecule has 6 aliphatic rings. The fourth-order valence-corrected chi connectivity index (χ4v) is 10.3. The van der Waals surface area contributed by atoms with Crippen molar-refractivity contribution >= 4 is 34.1 Å². The van der Waals surface area contributed by atoms with E-state index in [0.717, 1.165) is 25.7 Å². The standard InChI is InChI=1S/C56H54N2/c1-56(2)52-22-14-13-21-50(52)51-36-35-49(39-53(51)56)58(48-33-31-43(32-34-48)42-15-7-3-4-8-16-42)55-38-41-24-28-44-27-23-40(25-29-45(55)30-26-41)37-54(44)57(46-17-9-5-10-18-46)47-19-11-6-12-20-47/h5-6,9-14,17-23,26-27,30-39,42H,3-4,7-8,15-16,24-25,28-29H2,1-2H3. The summed E-state index contributed by atoms with van der Waals surface area (Å²) in [6.45, 7) is 4.79. The van der Waals surface area contributed by atoms with Gasteiger partial charge >= 0.3 is 0 Å². The highest BCUT2D eigenvalue weighted by Gasteiger charge is 2.36. The molecule has 2 nitrogen and oxygen atoms in total. The SMILES string of the molecule is CC1(C)c2ccccc2-c2ccc(N(c3ccc(C4CCCCCC4)cc3)c3cc4ccc3CCc3ccc(c(N(c5ccccc5)c5ccccc5)c3)CC4)cc21. The molecule has 0 spiro atoms. The molecule has 0 radical (unpaired) electrons. The molecule has 288 valence electrons. The molecule has 1 fully saturated rings. The van der Waals surface area contributed by atoms with Crippen LogP contribution in [-0.2, 0) is 31.1 Å². The van der Waals surface area contributed by atoms with Gasteiger partial charge in [-0.1, -0.05) is 143 Å². The molecular weight excluding hydrogens is 701 g/mol. The first-order valence-electron chi connectivity index (χ1n) is 21.8. The highest BCUT2D eigenvalue weighted by atomic mass is 15.2. The summed E-state index contributed by atoms with van der Waals surface area (Å²) < 4.78 is 0. The molecular formula is C56H54N2. The summed E-state index contributed by atoms with van der Waals surface area (Å²) in [4.78, 5) is 5.03. The molecule has 0 saturated heterocycles. The molecule has 0 atom stereocenters. The van der Waals surface area contributed by atoms with E-state index in [1.165, 1.54) is 123 Å². The average Bonchev–Trinajstić information content (AvgIpc) is 3.41. The smallest absolute Gasteiger partial charge is 0.0496 e. The van der Waals surface area contributed by atoms with Gasteiger partial charge in [0, 0.05) is 39.5 Å². The highest BCUT2D eigenvalue weighted by Crippen LogP contribution is 2.51. The minimum atomic E-state index is -0.0739. The van der Waals surface area contributed by atoms with Crippen molar-refractivity contribution in [2.75, 3.05) is 9.80 Å². The second-order valence-corrected chi connectivity index (χ2v) is 17.4. The number of hydrogen-bond acceptors (Lipinski definition) is 2. The van der Waals surface area contributed by atoms with Gasteiger partial charge in [0.1, 0.15) is 0 Å². The normalized spacial score (nSPS) is 15.8. The van der Waals surface area contributed by atoms with Crippen LogP contribution in [0.5, 0.6) is 0 Å². The maximum atomic E-state index is 2.58. The monoisotopic (exact) mass is 754 g/mol. The Bertz CT molecular complexity index is 2500. The highest BCUT2D eigenvalue weighted by molar-refractivity contribution is 5.86. The molecule has 4 bridgehead atoms. The minimum Gasteiger partial charge on any atom is -0.310 e. The van der Waals surface area contributed by atoms with E-state index in [0.29, 0.717) is 5.92 Å². The lowest BCUT2D eigenvalue weighted by Crippen LogP contribution is -2.17. The maximum absolute atomic E-state index is 2.58. The van der Waals surface area contributed by atoms with E-state index in [4.69, 9.17) is 0 Å². The van der Waals surface area contributed by atoms with E-state index in [1.54, 1.807) is 0 Å². The minimum absolute atomic E-state index is 0.0739.